The Morgan fingerprint density at radius 3 is 2.48 bits per heavy atom. The van der Waals surface area contributed by atoms with Crippen molar-refractivity contribution < 1.29 is 14.7 Å². The first kappa shape index (κ1) is 14.7. The molecule has 0 aliphatic heterocycles. The largest absolute Gasteiger partial charge is 0.481 e. The van der Waals surface area contributed by atoms with Crippen molar-refractivity contribution in [3.8, 4) is 0 Å². The molecule has 0 radical (unpaired) electrons. The average Bonchev–Trinajstić information content (AvgIpc) is 3.12. The highest BCUT2D eigenvalue weighted by Gasteiger charge is 2.40. The molecule has 0 aromatic carbocycles. The van der Waals surface area contributed by atoms with Crippen molar-refractivity contribution in [1.82, 2.24) is 10.6 Å². The molecule has 5 heteroatoms. The predicted octanol–water partition coefficient (Wildman–Crippen LogP) is 2.51. The number of hydrogen-bond acceptors (Lipinski definition) is 2. The number of carbonyl (C=O) groups is 2. The Labute approximate surface area is 125 Å². The van der Waals surface area contributed by atoms with Crippen molar-refractivity contribution in [3.63, 3.8) is 0 Å². The van der Waals surface area contributed by atoms with Crippen LogP contribution in [0, 0.1) is 17.8 Å². The molecule has 0 aromatic heterocycles. The van der Waals surface area contributed by atoms with Crippen LogP contribution in [0.3, 0.4) is 0 Å². The topological polar surface area (TPSA) is 78.4 Å². The van der Waals surface area contributed by atoms with Gasteiger partial charge in [0.2, 0.25) is 0 Å². The Kier molecular flexibility index (Phi) is 4.09. The Morgan fingerprint density at radius 1 is 1.14 bits per heavy atom. The van der Waals surface area contributed by atoms with Crippen LogP contribution in [0.2, 0.25) is 0 Å². The van der Waals surface area contributed by atoms with Gasteiger partial charge in [0, 0.05) is 6.54 Å². The number of hydrogen-bond donors (Lipinski definition) is 3. The summed E-state index contributed by atoms with van der Waals surface area (Å²) in [4.78, 5) is 23.2. The van der Waals surface area contributed by atoms with E-state index in [4.69, 9.17) is 5.11 Å². The van der Waals surface area contributed by atoms with Gasteiger partial charge >= 0.3 is 12.0 Å². The van der Waals surface area contributed by atoms with E-state index in [2.05, 4.69) is 10.6 Å². The lowest BCUT2D eigenvalue weighted by atomic mass is 9.89. The summed E-state index contributed by atoms with van der Waals surface area (Å²) in [6, 6.07) is -0.180. The minimum atomic E-state index is -0.828. The average molecular weight is 294 g/mol. The lowest BCUT2D eigenvalue weighted by Gasteiger charge is -2.29. The van der Waals surface area contributed by atoms with Crippen molar-refractivity contribution in [2.45, 2.75) is 63.3 Å². The maximum atomic E-state index is 12.1. The number of amides is 2. The highest BCUT2D eigenvalue weighted by atomic mass is 16.4. The van der Waals surface area contributed by atoms with Gasteiger partial charge in [-0.3, -0.25) is 4.79 Å². The summed E-state index contributed by atoms with van der Waals surface area (Å²) in [5.41, 5.74) is -0.523. The number of carboxylic acids is 1. The third kappa shape index (κ3) is 3.33. The molecule has 0 heterocycles. The van der Waals surface area contributed by atoms with Crippen LogP contribution in [0.4, 0.5) is 4.79 Å². The van der Waals surface area contributed by atoms with Crippen molar-refractivity contribution in [1.29, 1.82) is 0 Å². The quantitative estimate of drug-likeness (QED) is 0.729. The Morgan fingerprint density at radius 2 is 1.90 bits per heavy atom. The molecule has 3 N–H and O–H groups in total. The van der Waals surface area contributed by atoms with Gasteiger partial charge in [0.1, 0.15) is 0 Å². The molecule has 3 unspecified atom stereocenters. The van der Waals surface area contributed by atoms with Crippen molar-refractivity contribution in [3.05, 3.63) is 0 Å². The molecule has 0 saturated heterocycles. The second-order valence-corrected chi connectivity index (χ2v) is 7.33. The fourth-order valence-electron chi connectivity index (χ4n) is 4.82. The van der Waals surface area contributed by atoms with Crippen LogP contribution in [-0.2, 0) is 4.79 Å². The fraction of sp³-hybridized carbons (Fsp3) is 0.875. The molecule has 3 fully saturated rings. The summed E-state index contributed by atoms with van der Waals surface area (Å²) in [6.45, 7) is 0.746. The van der Waals surface area contributed by atoms with Crippen molar-refractivity contribution in [2.75, 3.05) is 6.54 Å². The first-order chi connectivity index (χ1) is 10.1. The molecule has 2 bridgehead atoms. The number of urea groups is 1. The summed E-state index contributed by atoms with van der Waals surface area (Å²) in [5.74, 6) is 1.49. The van der Waals surface area contributed by atoms with Crippen LogP contribution in [0.5, 0.6) is 0 Å². The molecule has 3 aliphatic carbocycles. The van der Waals surface area contributed by atoms with E-state index >= 15 is 0 Å². The predicted molar refractivity (Wildman–Crippen MR) is 78.9 cm³/mol. The maximum absolute atomic E-state index is 12.1. The molecule has 3 aliphatic rings. The molecule has 2 amide bonds. The molecule has 21 heavy (non-hydrogen) atoms. The molecule has 118 valence electrons. The number of nitrogens with one attached hydrogen (secondary N) is 2. The van der Waals surface area contributed by atoms with Crippen LogP contribution >= 0.6 is 0 Å². The third-order valence-electron chi connectivity index (χ3n) is 5.84. The first-order valence-electron chi connectivity index (χ1n) is 8.34. The van der Waals surface area contributed by atoms with E-state index in [1.165, 1.54) is 25.7 Å². The molecule has 0 aromatic rings. The number of aliphatic carboxylic acids is 1. The zero-order valence-corrected chi connectivity index (χ0v) is 12.6. The fourth-order valence-corrected chi connectivity index (χ4v) is 4.82. The van der Waals surface area contributed by atoms with E-state index in [-0.39, 0.29) is 12.5 Å². The zero-order chi connectivity index (χ0) is 14.9. The minimum Gasteiger partial charge on any atom is -0.481 e. The lowest BCUT2D eigenvalue weighted by molar-refractivity contribution is -0.138. The molecule has 5 nitrogen and oxygen atoms in total. The van der Waals surface area contributed by atoms with Gasteiger partial charge in [-0.1, -0.05) is 19.3 Å². The lowest BCUT2D eigenvalue weighted by Crippen LogP contribution is -2.52. The SMILES string of the molecule is O=C(O)CC1(NC(=O)NCC2CC3CCC2C3)CCCC1. The highest BCUT2D eigenvalue weighted by molar-refractivity contribution is 5.76. The van der Waals surface area contributed by atoms with Crippen LogP contribution in [-0.4, -0.2) is 29.2 Å². The number of rotatable bonds is 5. The molecule has 0 spiro atoms. The van der Waals surface area contributed by atoms with E-state index in [1.54, 1.807) is 0 Å². The summed E-state index contributed by atoms with van der Waals surface area (Å²) in [6.07, 6.45) is 8.88. The van der Waals surface area contributed by atoms with Gasteiger partial charge in [0.05, 0.1) is 12.0 Å². The summed E-state index contributed by atoms with van der Waals surface area (Å²) in [5, 5.41) is 15.0. The van der Waals surface area contributed by atoms with Crippen LogP contribution in [0.1, 0.15) is 57.8 Å². The minimum absolute atomic E-state index is 0.0363. The van der Waals surface area contributed by atoms with Crippen LogP contribution in [0.25, 0.3) is 0 Å². The Hall–Kier alpha value is -1.26. The summed E-state index contributed by atoms with van der Waals surface area (Å²) >= 11 is 0. The molecular weight excluding hydrogens is 268 g/mol. The first-order valence-corrected chi connectivity index (χ1v) is 8.34. The van der Waals surface area contributed by atoms with E-state index in [0.29, 0.717) is 5.92 Å². The highest BCUT2D eigenvalue weighted by Crippen LogP contribution is 2.47. The van der Waals surface area contributed by atoms with Gasteiger partial charge < -0.3 is 15.7 Å². The molecule has 3 atom stereocenters. The summed E-state index contributed by atoms with van der Waals surface area (Å²) in [7, 11) is 0. The standard InChI is InChI=1S/C16H26N2O3/c19-14(20)9-16(5-1-2-6-16)18-15(21)17-10-13-8-11-3-4-12(13)7-11/h11-13H,1-10H2,(H,19,20)(H2,17,18,21). The van der Waals surface area contributed by atoms with E-state index in [9.17, 15) is 9.59 Å². The number of carbonyl (C=O) groups excluding carboxylic acids is 1. The zero-order valence-electron chi connectivity index (χ0n) is 12.6. The van der Waals surface area contributed by atoms with E-state index in [0.717, 1.165) is 44.1 Å². The van der Waals surface area contributed by atoms with Gasteiger partial charge in [-0.15, -0.1) is 0 Å². The molecule has 3 saturated carbocycles. The second-order valence-electron chi connectivity index (χ2n) is 7.33. The van der Waals surface area contributed by atoms with Crippen LogP contribution < -0.4 is 10.6 Å². The van der Waals surface area contributed by atoms with E-state index in [1.807, 2.05) is 0 Å². The van der Waals surface area contributed by atoms with Gasteiger partial charge in [-0.05, 0) is 49.9 Å². The van der Waals surface area contributed by atoms with Crippen molar-refractivity contribution in [2.24, 2.45) is 17.8 Å². The Balaban J connectivity index is 1.47. The number of fused-ring (bicyclic) bond motifs is 2. The van der Waals surface area contributed by atoms with Gasteiger partial charge in [0.15, 0.2) is 0 Å². The monoisotopic (exact) mass is 294 g/mol. The molecular formula is C16H26N2O3. The summed E-state index contributed by atoms with van der Waals surface area (Å²) < 4.78 is 0. The third-order valence-corrected chi connectivity index (χ3v) is 5.84. The van der Waals surface area contributed by atoms with E-state index < -0.39 is 11.5 Å². The van der Waals surface area contributed by atoms with Gasteiger partial charge in [-0.25, -0.2) is 4.79 Å². The maximum Gasteiger partial charge on any atom is 0.315 e. The molecule has 3 rings (SSSR count). The smallest absolute Gasteiger partial charge is 0.315 e. The normalized spacial score (nSPS) is 33.0. The van der Waals surface area contributed by atoms with Crippen molar-refractivity contribution >= 4 is 12.0 Å². The van der Waals surface area contributed by atoms with Crippen LogP contribution in [0.15, 0.2) is 0 Å². The Bertz CT molecular complexity index is 418. The van der Waals surface area contributed by atoms with Gasteiger partial charge in [-0.2, -0.15) is 0 Å². The second kappa shape index (κ2) is 5.85. The van der Waals surface area contributed by atoms with Gasteiger partial charge in [0.25, 0.3) is 0 Å². The number of carboxylic acid groups (broad SMARTS) is 1.